The van der Waals surface area contributed by atoms with Crippen molar-refractivity contribution in [1.82, 2.24) is 5.32 Å². The maximum atomic E-state index is 10.9. The second-order valence-electron chi connectivity index (χ2n) is 4.15. The van der Waals surface area contributed by atoms with Crippen LogP contribution in [-0.4, -0.2) is 18.6 Å². The van der Waals surface area contributed by atoms with Gasteiger partial charge in [-0.25, -0.2) is 0 Å². The molecule has 0 aromatic heterocycles. The fourth-order valence-corrected chi connectivity index (χ4v) is 1.47. The van der Waals surface area contributed by atoms with Crippen LogP contribution in [0.3, 0.4) is 0 Å². The molecule has 0 radical (unpaired) electrons. The van der Waals surface area contributed by atoms with Crippen LogP contribution in [0.2, 0.25) is 0 Å². The van der Waals surface area contributed by atoms with E-state index in [4.69, 9.17) is 4.74 Å². The smallest absolute Gasteiger partial charge is 0.310 e. The summed E-state index contributed by atoms with van der Waals surface area (Å²) in [5.41, 5.74) is 1.94. The average Bonchev–Trinajstić information content (AvgIpc) is 2.29. The molecule has 0 fully saturated rings. The largest absolute Gasteiger partial charge is 0.486 e. The number of nitro benzene ring substituents is 1. The van der Waals surface area contributed by atoms with Crippen molar-refractivity contribution in [3.63, 3.8) is 0 Å². The van der Waals surface area contributed by atoms with E-state index in [1.807, 2.05) is 14.0 Å². The van der Waals surface area contributed by atoms with Gasteiger partial charge in [-0.1, -0.05) is 11.6 Å². The first-order valence-electron chi connectivity index (χ1n) is 5.73. The molecule has 0 aliphatic heterocycles. The topological polar surface area (TPSA) is 64.4 Å². The maximum absolute atomic E-state index is 10.9. The lowest BCUT2D eigenvalue weighted by molar-refractivity contribution is -0.385. The lowest BCUT2D eigenvalue weighted by Gasteiger charge is -2.08. The Morgan fingerprint density at radius 1 is 1.56 bits per heavy atom. The molecule has 1 N–H and O–H groups in total. The SMILES string of the molecule is C=C(C)CCOc1cc(CNC)ccc1[N+](=O)[O-]. The number of nitro groups is 1. The number of hydrogen-bond acceptors (Lipinski definition) is 4. The van der Waals surface area contributed by atoms with E-state index in [1.54, 1.807) is 12.1 Å². The first-order valence-corrected chi connectivity index (χ1v) is 5.73. The van der Waals surface area contributed by atoms with Crippen molar-refractivity contribution in [3.05, 3.63) is 46.0 Å². The number of nitrogens with zero attached hydrogens (tertiary/aromatic N) is 1. The number of rotatable bonds is 7. The molecule has 0 saturated heterocycles. The van der Waals surface area contributed by atoms with Gasteiger partial charge in [-0.15, -0.1) is 6.58 Å². The van der Waals surface area contributed by atoms with Crippen molar-refractivity contribution >= 4 is 5.69 Å². The molecule has 0 heterocycles. The molecule has 98 valence electrons. The lowest BCUT2D eigenvalue weighted by Crippen LogP contribution is -2.06. The van der Waals surface area contributed by atoms with Crippen molar-refractivity contribution in [1.29, 1.82) is 0 Å². The summed E-state index contributed by atoms with van der Waals surface area (Å²) in [6.45, 7) is 6.71. The Morgan fingerprint density at radius 3 is 2.83 bits per heavy atom. The van der Waals surface area contributed by atoms with Crippen molar-refractivity contribution in [2.45, 2.75) is 19.9 Å². The molecule has 5 heteroatoms. The lowest BCUT2D eigenvalue weighted by atomic mass is 10.2. The van der Waals surface area contributed by atoms with Crippen LogP contribution in [0.5, 0.6) is 5.75 Å². The summed E-state index contributed by atoms with van der Waals surface area (Å²) in [7, 11) is 1.82. The van der Waals surface area contributed by atoms with Crippen molar-refractivity contribution in [3.8, 4) is 5.75 Å². The van der Waals surface area contributed by atoms with Crippen LogP contribution in [0, 0.1) is 10.1 Å². The third-order valence-electron chi connectivity index (χ3n) is 2.39. The van der Waals surface area contributed by atoms with Crippen molar-refractivity contribution in [2.75, 3.05) is 13.7 Å². The van der Waals surface area contributed by atoms with Crippen LogP contribution in [0.25, 0.3) is 0 Å². The Labute approximate surface area is 107 Å². The molecular formula is C13H18N2O3. The molecule has 0 amide bonds. The highest BCUT2D eigenvalue weighted by molar-refractivity contribution is 5.48. The summed E-state index contributed by atoms with van der Waals surface area (Å²) < 4.78 is 5.47. The molecule has 18 heavy (non-hydrogen) atoms. The summed E-state index contributed by atoms with van der Waals surface area (Å²) >= 11 is 0. The van der Waals surface area contributed by atoms with Crippen LogP contribution in [0.1, 0.15) is 18.9 Å². The summed E-state index contributed by atoms with van der Waals surface area (Å²) in [6, 6.07) is 4.90. The number of ether oxygens (including phenoxy) is 1. The number of benzene rings is 1. The molecule has 1 aromatic carbocycles. The Balaban J connectivity index is 2.85. The van der Waals surface area contributed by atoms with Gasteiger partial charge in [0.15, 0.2) is 5.75 Å². The van der Waals surface area contributed by atoms with Crippen LogP contribution in [0.4, 0.5) is 5.69 Å². The van der Waals surface area contributed by atoms with Gasteiger partial charge in [-0.3, -0.25) is 10.1 Å². The molecule has 0 bridgehead atoms. The first kappa shape index (κ1) is 14.2. The van der Waals surface area contributed by atoms with E-state index in [9.17, 15) is 10.1 Å². The van der Waals surface area contributed by atoms with Crippen LogP contribution >= 0.6 is 0 Å². The molecule has 0 unspecified atom stereocenters. The predicted octanol–water partition coefficient (Wildman–Crippen LogP) is 2.66. The van der Waals surface area contributed by atoms with E-state index in [0.29, 0.717) is 25.3 Å². The monoisotopic (exact) mass is 250 g/mol. The predicted molar refractivity (Wildman–Crippen MR) is 70.8 cm³/mol. The Bertz CT molecular complexity index is 444. The van der Waals surface area contributed by atoms with E-state index in [-0.39, 0.29) is 5.69 Å². The quantitative estimate of drug-likeness (QED) is 0.459. The molecule has 0 saturated carbocycles. The third kappa shape index (κ3) is 4.18. The summed E-state index contributed by atoms with van der Waals surface area (Å²) in [6.07, 6.45) is 0.688. The standard InChI is InChI=1S/C13H18N2O3/c1-10(2)6-7-18-13-8-11(9-14-3)4-5-12(13)15(16)17/h4-5,8,14H,1,6-7,9H2,2-3H3. The minimum Gasteiger partial charge on any atom is -0.486 e. The van der Waals surface area contributed by atoms with Gasteiger partial charge in [0.25, 0.3) is 0 Å². The zero-order valence-corrected chi connectivity index (χ0v) is 10.7. The molecule has 0 aliphatic carbocycles. The van der Waals surface area contributed by atoms with E-state index < -0.39 is 4.92 Å². The second-order valence-corrected chi connectivity index (χ2v) is 4.15. The van der Waals surface area contributed by atoms with Gasteiger partial charge < -0.3 is 10.1 Å². The van der Waals surface area contributed by atoms with Gasteiger partial charge in [-0.05, 0) is 25.6 Å². The zero-order chi connectivity index (χ0) is 13.5. The van der Waals surface area contributed by atoms with Gasteiger partial charge in [0.2, 0.25) is 0 Å². The summed E-state index contributed by atoms with van der Waals surface area (Å²) in [5, 5.41) is 13.9. The van der Waals surface area contributed by atoms with Gasteiger partial charge in [-0.2, -0.15) is 0 Å². The van der Waals surface area contributed by atoms with Crippen molar-refractivity contribution in [2.24, 2.45) is 0 Å². The van der Waals surface area contributed by atoms with Gasteiger partial charge in [0, 0.05) is 19.0 Å². The molecule has 1 rings (SSSR count). The zero-order valence-electron chi connectivity index (χ0n) is 10.7. The van der Waals surface area contributed by atoms with E-state index in [2.05, 4.69) is 11.9 Å². The number of hydrogen-bond donors (Lipinski definition) is 1. The van der Waals surface area contributed by atoms with Crippen LogP contribution < -0.4 is 10.1 Å². The highest BCUT2D eigenvalue weighted by atomic mass is 16.6. The second kappa shape index (κ2) is 6.76. The fourth-order valence-electron chi connectivity index (χ4n) is 1.47. The molecule has 0 atom stereocenters. The molecule has 0 aliphatic rings. The van der Waals surface area contributed by atoms with E-state index in [1.165, 1.54) is 6.07 Å². The fraction of sp³-hybridized carbons (Fsp3) is 0.385. The van der Waals surface area contributed by atoms with Gasteiger partial charge >= 0.3 is 5.69 Å². The molecule has 0 spiro atoms. The summed E-state index contributed by atoms with van der Waals surface area (Å²) in [4.78, 5) is 10.4. The maximum Gasteiger partial charge on any atom is 0.310 e. The molecule has 5 nitrogen and oxygen atoms in total. The van der Waals surface area contributed by atoms with E-state index in [0.717, 1.165) is 11.1 Å². The highest BCUT2D eigenvalue weighted by Crippen LogP contribution is 2.28. The van der Waals surface area contributed by atoms with Gasteiger partial charge in [0.1, 0.15) is 0 Å². The van der Waals surface area contributed by atoms with Crippen LogP contribution in [-0.2, 0) is 6.54 Å². The highest BCUT2D eigenvalue weighted by Gasteiger charge is 2.15. The third-order valence-corrected chi connectivity index (χ3v) is 2.39. The summed E-state index contributed by atoms with van der Waals surface area (Å²) in [5.74, 6) is 0.314. The Morgan fingerprint density at radius 2 is 2.28 bits per heavy atom. The average molecular weight is 250 g/mol. The number of nitrogens with one attached hydrogen (secondary N) is 1. The minimum atomic E-state index is -0.431. The Kier molecular flexibility index (Phi) is 5.32. The van der Waals surface area contributed by atoms with Crippen molar-refractivity contribution < 1.29 is 9.66 Å². The Hall–Kier alpha value is -1.88. The molecular weight excluding hydrogens is 232 g/mol. The van der Waals surface area contributed by atoms with Gasteiger partial charge in [0.05, 0.1) is 11.5 Å². The minimum absolute atomic E-state index is 0.00318. The normalized spacial score (nSPS) is 10.1. The van der Waals surface area contributed by atoms with E-state index >= 15 is 0 Å². The molecule has 1 aromatic rings. The van der Waals surface area contributed by atoms with Crippen LogP contribution in [0.15, 0.2) is 30.4 Å². The first-order chi connectivity index (χ1) is 8.54.